The second-order valence-corrected chi connectivity index (χ2v) is 8.12. The first-order valence-corrected chi connectivity index (χ1v) is 10.9. The first kappa shape index (κ1) is 23.5. The first-order chi connectivity index (χ1) is 14.3. The van der Waals surface area contributed by atoms with E-state index in [1.807, 2.05) is 43.6 Å². The number of carbonyl (C=O) groups excluding carboxylic acids is 3. The molecule has 2 N–H and O–H groups in total. The van der Waals surface area contributed by atoms with Crippen LogP contribution in [0.1, 0.15) is 44.9 Å². The number of carbonyl (C=O) groups is 3. The minimum absolute atomic E-state index is 0.0167. The number of rotatable bonds is 10. The molecule has 2 rings (SSSR count). The molecular formula is C22H29N3O4S. The van der Waals surface area contributed by atoms with Crippen LogP contribution in [-0.2, 0) is 25.7 Å². The summed E-state index contributed by atoms with van der Waals surface area (Å²) in [6.45, 7) is 7.56. The van der Waals surface area contributed by atoms with Gasteiger partial charge in [-0.2, -0.15) is 0 Å². The quantitative estimate of drug-likeness (QED) is 0.445. The van der Waals surface area contributed by atoms with Gasteiger partial charge >= 0.3 is 5.97 Å². The van der Waals surface area contributed by atoms with E-state index < -0.39 is 12.1 Å². The molecule has 0 spiro atoms. The fraction of sp³-hybridized carbons (Fsp3) is 0.455. The Morgan fingerprint density at radius 1 is 1.10 bits per heavy atom. The van der Waals surface area contributed by atoms with E-state index in [-0.39, 0.29) is 17.7 Å². The molecule has 1 aromatic heterocycles. The molecule has 2 atom stereocenters. The largest absolute Gasteiger partial charge is 0.453 e. The van der Waals surface area contributed by atoms with Gasteiger partial charge in [0.15, 0.2) is 6.10 Å². The van der Waals surface area contributed by atoms with E-state index in [9.17, 15) is 14.4 Å². The van der Waals surface area contributed by atoms with Crippen molar-refractivity contribution >= 4 is 29.1 Å². The van der Waals surface area contributed by atoms with Crippen molar-refractivity contribution in [2.75, 3.05) is 6.54 Å². The summed E-state index contributed by atoms with van der Waals surface area (Å²) in [5, 5.41) is 5.67. The Kier molecular flexibility index (Phi) is 8.98. The Morgan fingerprint density at radius 2 is 1.80 bits per heavy atom. The number of amides is 2. The van der Waals surface area contributed by atoms with Crippen LogP contribution in [0.3, 0.4) is 0 Å². The van der Waals surface area contributed by atoms with Gasteiger partial charge in [-0.1, -0.05) is 31.2 Å². The number of nitrogens with zero attached hydrogens (tertiary/aromatic N) is 1. The molecule has 1 heterocycles. The Hall–Kier alpha value is -2.74. The third-order valence-electron chi connectivity index (χ3n) is 4.70. The highest BCUT2D eigenvalue weighted by atomic mass is 32.1. The predicted molar refractivity (Wildman–Crippen MR) is 117 cm³/mol. The Morgan fingerprint density at radius 3 is 2.40 bits per heavy atom. The number of aromatic nitrogens is 1. The zero-order chi connectivity index (χ0) is 22.1. The fourth-order valence-electron chi connectivity index (χ4n) is 2.91. The average Bonchev–Trinajstić information content (AvgIpc) is 3.14. The minimum Gasteiger partial charge on any atom is -0.453 e. The number of benzene rings is 1. The van der Waals surface area contributed by atoms with Crippen molar-refractivity contribution in [2.45, 2.75) is 53.2 Å². The van der Waals surface area contributed by atoms with Gasteiger partial charge < -0.3 is 15.4 Å². The van der Waals surface area contributed by atoms with Crippen molar-refractivity contribution in [2.24, 2.45) is 5.92 Å². The van der Waals surface area contributed by atoms with Crippen LogP contribution in [0.25, 0.3) is 10.4 Å². The second kappa shape index (κ2) is 11.4. The highest BCUT2D eigenvalue weighted by molar-refractivity contribution is 7.13. The lowest BCUT2D eigenvalue weighted by Crippen LogP contribution is -2.36. The van der Waals surface area contributed by atoms with Gasteiger partial charge in [0.2, 0.25) is 5.91 Å². The second-order valence-electron chi connectivity index (χ2n) is 7.27. The van der Waals surface area contributed by atoms with E-state index in [0.717, 1.165) is 21.7 Å². The zero-order valence-corrected chi connectivity index (χ0v) is 18.7. The van der Waals surface area contributed by atoms with Crippen LogP contribution < -0.4 is 10.6 Å². The SMILES string of the molecule is CC(=O)O[C@@H](C)C(=O)NCCC[C@H](C)C(=O)NCc1ccc(-c2scnc2C)cc1. The van der Waals surface area contributed by atoms with Gasteiger partial charge in [0, 0.05) is 25.9 Å². The van der Waals surface area contributed by atoms with Gasteiger partial charge in [-0.05, 0) is 37.8 Å². The van der Waals surface area contributed by atoms with Crippen molar-refractivity contribution in [3.8, 4) is 10.4 Å². The molecule has 0 bridgehead atoms. The van der Waals surface area contributed by atoms with Gasteiger partial charge in [0.05, 0.1) is 16.1 Å². The summed E-state index contributed by atoms with van der Waals surface area (Å²) in [7, 11) is 0. The van der Waals surface area contributed by atoms with Gasteiger partial charge in [-0.25, -0.2) is 4.98 Å². The molecule has 0 unspecified atom stereocenters. The summed E-state index contributed by atoms with van der Waals surface area (Å²) in [6, 6.07) is 8.12. The van der Waals surface area contributed by atoms with E-state index in [1.54, 1.807) is 11.3 Å². The van der Waals surface area contributed by atoms with Crippen molar-refractivity contribution in [3.63, 3.8) is 0 Å². The molecule has 0 saturated carbocycles. The summed E-state index contributed by atoms with van der Waals surface area (Å²) in [5.41, 5.74) is 5.02. The lowest BCUT2D eigenvalue weighted by molar-refractivity contribution is -0.152. The summed E-state index contributed by atoms with van der Waals surface area (Å²) >= 11 is 1.62. The van der Waals surface area contributed by atoms with Gasteiger partial charge in [0.25, 0.3) is 5.91 Å². The van der Waals surface area contributed by atoms with Gasteiger partial charge in [-0.3, -0.25) is 14.4 Å². The summed E-state index contributed by atoms with van der Waals surface area (Å²) in [5.74, 6) is -1.00. The van der Waals surface area contributed by atoms with E-state index in [2.05, 4.69) is 15.6 Å². The summed E-state index contributed by atoms with van der Waals surface area (Å²) < 4.78 is 4.82. The topological polar surface area (TPSA) is 97.4 Å². The Balaban J connectivity index is 1.69. The zero-order valence-electron chi connectivity index (χ0n) is 17.9. The maximum absolute atomic E-state index is 12.3. The molecule has 30 heavy (non-hydrogen) atoms. The van der Waals surface area contributed by atoms with E-state index in [0.29, 0.717) is 25.9 Å². The molecule has 0 aliphatic rings. The fourth-order valence-corrected chi connectivity index (χ4v) is 3.73. The Labute approximate surface area is 181 Å². The normalized spacial score (nSPS) is 12.7. The van der Waals surface area contributed by atoms with Crippen LogP contribution in [0.2, 0.25) is 0 Å². The molecule has 0 saturated heterocycles. The van der Waals surface area contributed by atoms with Crippen LogP contribution in [0.5, 0.6) is 0 Å². The molecule has 1 aromatic carbocycles. The smallest absolute Gasteiger partial charge is 0.303 e. The molecule has 8 heteroatoms. The standard InChI is InChI=1S/C22H29N3O4S/c1-14(6-5-11-23-22(28)16(3)29-17(4)26)21(27)24-12-18-7-9-19(10-8-18)20-15(2)25-13-30-20/h7-10,13-14,16H,5-6,11-12H2,1-4H3,(H,23,28)(H,24,27)/t14-,16-/m0/s1. The number of esters is 1. The van der Waals surface area contributed by atoms with E-state index in [1.165, 1.54) is 13.8 Å². The number of aryl methyl sites for hydroxylation is 1. The van der Waals surface area contributed by atoms with Crippen molar-refractivity contribution in [1.29, 1.82) is 0 Å². The Bertz CT molecular complexity index is 864. The van der Waals surface area contributed by atoms with Gasteiger partial charge in [-0.15, -0.1) is 11.3 Å². The third-order valence-corrected chi connectivity index (χ3v) is 5.68. The number of hydrogen-bond acceptors (Lipinski definition) is 6. The predicted octanol–water partition coefficient (Wildman–Crippen LogP) is 3.22. The van der Waals surface area contributed by atoms with Crippen molar-refractivity contribution in [1.82, 2.24) is 15.6 Å². The van der Waals surface area contributed by atoms with Crippen molar-refractivity contribution < 1.29 is 19.1 Å². The number of thiazole rings is 1. The molecule has 2 amide bonds. The molecule has 2 aromatic rings. The third kappa shape index (κ3) is 7.26. The van der Waals surface area contributed by atoms with Crippen LogP contribution in [-0.4, -0.2) is 35.4 Å². The number of nitrogens with one attached hydrogen (secondary N) is 2. The molecule has 0 fully saturated rings. The van der Waals surface area contributed by atoms with Crippen LogP contribution in [0, 0.1) is 12.8 Å². The highest BCUT2D eigenvalue weighted by Crippen LogP contribution is 2.27. The maximum Gasteiger partial charge on any atom is 0.303 e. The molecule has 0 radical (unpaired) electrons. The monoisotopic (exact) mass is 431 g/mol. The first-order valence-electron chi connectivity index (χ1n) is 10.00. The lowest BCUT2D eigenvalue weighted by atomic mass is 10.0. The highest BCUT2D eigenvalue weighted by Gasteiger charge is 2.16. The van der Waals surface area contributed by atoms with Gasteiger partial charge in [0.1, 0.15) is 0 Å². The van der Waals surface area contributed by atoms with Crippen LogP contribution in [0.15, 0.2) is 29.8 Å². The molecule has 0 aliphatic heterocycles. The molecule has 162 valence electrons. The molecule has 0 aliphatic carbocycles. The van der Waals surface area contributed by atoms with Crippen LogP contribution in [0.4, 0.5) is 0 Å². The van der Waals surface area contributed by atoms with E-state index >= 15 is 0 Å². The van der Waals surface area contributed by atoms with Crippen LogP contribution >= 0.6 is 11.3 Å². The van der Waals surface area contributed by atoms with E-state index in [4.69, 9.17) is 4.74 Å². The molecule has 7 nitrogen and oxygen atoms in total. The summed E-state index contributed by atoms with van der Waals surface area (Å²) in [4.78, 5) is 40.4. The average molecular weight is 432 g/mol. The lowest BCUT2D eigenvalue weighted by Gasteiger charge is -2.14. The summed E-state index contributed by atoms with van der Waals surface area (Å²) in [6.07, 6.45) is 0.503. The van der Waals surface area contributed by atoms with Crippen molar-refractivity contribution in [3.05, 3.63) is 41.0 Å². The number of ether oxygens (including phenoxy) is 1. The molecular weight excluding hydrogens is 402 g/mol. The minimum atomic E-state index is -0.811. The maximum atomic E-state index is 12.3. The number of hydrogen-bond donors (Lipinski definition) is 2.